The predicted octanol–water partition coefficient (Wildman–Crippen LogP) is 0.970. The van der Waals surface area contributed by atoms with Gasteiger partial charge in [0.2, 0.25) is 0 Å². The first-order valence-electron chi connectivity index (χ1n) is 4.54. The summed E-state index contributed by atoms with van der Waals surface area (Å²) < 4.78 is 5.04. The number of cyclic esters (lactones) is 1. The standard InChI is InChI=1S/C10H12N2O2/c11-6-9-7-12(10(13)14-9)8-4-2-1-3-5-8/h1-5,9H,6-7,11H2/t9-/m0/s1. The highest BCUT2D eigenvalue weighted by atomic mass is 16.6. The van der Waals surface area contributed by atoms with Gasteiger partial charge in [-0.2, -0.15) is 0 Å². The van der Waals surface area contributed by atoms with E-state index < -0.39 is 0 Å². The number of amides is 1. The number of rotatable bonds is 2. The zero-order valence-electron chi connectivity index (χ0n) is 7.72. The molecule has 0 radical (unpaired) electrons. The van der Waals surface area contributed by atoms with Crippen LogP contribution in [0.5, 0.6) is 0 Å². The van der Waals surface area contributed by atoms with Crippen molar-refractivity contribution < 1.29 is 9.53 Å². The molecule has 1 aromatic rings. The average molecular weight is 192 g/mol. The number of hydrogen-bond acceptors (Lipinski definition) is 3. The van der Waals surface area contributed by atoms with Crippen molar-refractivity contribution in [3.05, 3.63) is 30.3 Å². The quantitative estimate of drug-likeness (QED) is 0.759. The zero-order valence-corrected chi connectivity index (χ0v) is 7.72. The van der Waals surface area contributed by atoms with E-state index in [1.807, 2.05) is 30.3 Å². The number of hydrogen-bond donors (Lipinski definition) is 1. The lowest BCUT2D eigenvalue weighted by molar-refractivity contribution is 0.145. The third-order valence-electron chi connectivity index (χ3n) is 2.20. The Kier molecular flexibility index (Phi) is 2.37. The first kappa shape index (κ1) is 9.02. The number of para-hydroxylation sites is 1. The molecular weight excluding hydrogens is 180 g/mol. The maximum Gasteiger partial charge on any atom is 0.414 e. The van der Waals surface area contributed by atoms with Crippen molar-refractivity contribution in [3.63, 3.8) is 0 Å². The van der Waals surface area contributed by atoms with Gasteiger partial charge in [0.05, 0.1) is 6.54 Å². The van der Waals surface area contributed by atoms with Gasteiger partial charge in [-0.25, -0.2) is 4.79 Å². The second kappa shape index (κ2) is 3.67. The molecular formula is C10H12N2O2. The summed E-state index contributed by atoms with van der Waals surface area (Å²) in [5.41, 5.74) is 6.29. The van der Waals surface area contributed by atoms with Crippen molar-refractivity contribution in [1.29, 1.82) is 0 Å². The average Bonchev–Trinajstić information content (AvgIpc) is 2.61. The molecule has 2 N–H and O–H groups in total. The Hall–Kier alpha value is -1.55. The van der Waals surface area contributed by atoms with Crippen LogP contribution < -0.4 is 10.6 Å². The van der Waals surface area contributed by atoms with Gasteiger partial charge < -0.3 is 10.5 Å². The van der Waals surface area contributed by atoms with Gasteiger partial charge in [0, 0.05) is 12.2 Å². The Balaban J connectivity index is 2.17. The van der Waals surface area contributed by atoms with Crippen LogP contribution in [-0.4, -0.2) is 25.3 Å². The Labute approximate surface area is 82.3 Å². The number of ether oxygens (including phenoxy) is 1. The molecule has 1 saturated heterocycles. The summed E-state index contributed by atoms with van der Waals surface area (Å²) in [6, 6.07) is 9.43. The Morgan fingerprint density at radius 1 is 1.43 bits per heavy atom. The summed E-state index contributed by atoms with van der Waals surface area (Å²) in [6.07, 6.45) is -0.491. The van der Waals surface area contributed by atoms with Crippen molar-refractivity contribution in [1.82, 2.24) is 0 Å². The summed E-state index contributed by atoms with van der Waals surface area (Å²) in [6.45, 7) is 0.911. The zero-order chi connectivity index (χ0) is 9.97. The van der Waals surface area contributed by atoms with Crippen LogP contribution in [0.1, 0.15) is 0 Å². The summed E-state index contributed by atoms with van der Waals surface area (Å²) in [5, 5.41) is 0. The summed E-state index contributed by atoms with van der Waals surface area (Å²) in [4.78, 5) is 13.0. The van der Waals surface area contributed by atoms with Gasteiger partial charge in [-0.05, 0) is 12.1 Å². The molecule has 1 amide bonds. The highest BCUT2D eigenvalue weighted by molar-refractivity contribution is 5.89. The number of benzene rings is 1. The normalized spacial score (nSPS) is 21.1. The number of nitrogens with two attached hydrogens (primary N) is 1. The van der Waals surface area contributed by atoms with E-state index >= 15 is 0 Å². The van der Waals surface area contributed by atoms with Gasteiger partial charge in [0.1, 0.15) is 6.10 Å². The molecule has 0 aliphatic carbocycles. The number of carbonyl (C=O) groups excluding carboxylic acids is 1. The molecule has 0 saturated carbocycles. The van der Waals surface area contributed by atoms with E-state index in [1.54, 1.807) is 4.90 Å². The molecule has 74 valence electrons. The molecule has 0 spiro atoms. The molecule has 2 rings (SSSR count). The van der Waals surface area contributed by atoms with Gasteiger partial charge >= 0.3 is 6.09 Å². The molecule has 1 atom stereocenters. The van der Waals surface area contributed by atoms with E-state index in [-0.39, 0.29) is 12.2 Å². The highest BCUT2D eigenvalue weighted by Crippen LogP contribution is 2.20. The number of anilines is 1. The predicted molar refractivity (Wildman–Crippen MR) is 53.1 cm³/mol. The van der Waals surface area contributed by atoms with Crippen LogP contribution in [0, 0.1) is 0 Å². The summed E-state index contributed by atoms with van der Waals surface area (Å²) >= 11 is 0. The Morgan fingerprint density at radius 3 is 2.71 bits per heavy atom. The van der Waals surface area contributed by atoms with E-state index in [9.17, 15) is 4.79 Å². The lowest BCUT2D eigenvalue weighted by Crippen LogP contribution is -2.27. The summed E-state index contributed by atoms with van der Waals surface area (Å²) in [5.74, 6) is 0. The van der Waals surface area contributed by atoms with Gasteiger partial charge in [0.15, 0.2) is 0 Å². The topological polar surface area (TPSA) is 55.6 Å². The van der Waals surface area contributed by atoms with Crippen LogP contribution in [-0.2, 0) is 4.74 Å². The third-order valence-corrected chi connectivity index (χ3v) is 2.20. The smallest absolute Gasteiger partial charge is 0.414 e. The van der Waals surface area contributed by atoms with E-state index in [0.29, 0.717) is 13.1 Å². The van der Waals surface area contributed by atoms with Crippen LogP contribution in [0.15, 0.2) is 30.3 Å². The van der Waals surface area contributed by atoms with Crippen LogP contribution in [0.4, 0.5) is 10.5 Å². The SMILES string of the molecule is NC[C@H]1CN(c2ccccc2)C(=O)O1. The molecule has 1 aliphatic rings. The van der Waals surface area contributed by atoms with Crippen molar-refractivity contribution in [3.8, 4) is 0 Å². The minimum absolute atomic E-state index is 0.178. The molecule has 4 nitrogen and oxygen atoms in total. The van der Waals surface area contributed by atoms with Crippen molar-refractivity contribution in [2.75, 3.05) is 18.0 Å². The third kappa shape index (κ3) is 1.56. The van der Waals surface area contributed by atoms with Crippen molar-refractivity contribution >= 4 is 11.8 Å². The van der Waals surface area contributed by atoms with E-state index in [4.69, 9.17) is 10.5 Å². The lowest BCUT2D eigenvalue weighted by atomic mass is 10.3. The minimum Gasteiger partial charge on any atom is -0.443 e. The van der Waals surface area contributed by atoms with Crippen LogP contribution >= 0.6 is 0 Å². The minimum atomic E-state index is -0.313. The molecule has 1 fully saturated rings. The largest absolute Gasteiger partial charge is 0.443 e. The van der Waals surface area contributed by atoms with E-state index in [1.165, 1.54) is 0 Å². The molecule has 1 heterocycles. The second-order valence-corrected chi connectivity index (χ2v) is 3.19. The molecule has 0 unspecified atom stereocenters. The molecule has 14 heavy (non-hydrogen) atoms. The first-order valence-corrected chi connectivity index (χ1v) is 4.54. The van der Waals surface area contributed by atoms with Crippen LogP contribution in [0.25, 0.3) is 0 Å². The fourth-order valence-electron chi connectivity index (χ4n) is 1.46. The monoisotopic (exact) mass is 192 g/mol. The maximum atomic E-state index is 11.4. The van der Waals surface area contributed by atoms with Gasteiger partial charge in [-0.1, -0.05) is 18.2 Å². The first-order chi connectivity index (χ1) is 6.81. The highest BCUT2D eigenvalue weighted by Gasteiger charge is 2.30. The lowest BCUT2D eigenvalue weighted by Gasteiger charge is -2.11. The number of carbonyl (C=O) groups is 1. The van der Waals surface area contributed by atoms with E-state index in [2.05, 4.69) is 0 Å². The van der Waals surface area contributed by atoms with Gasteiger partial charge in [-0.3, -0.25) is 4.90 Å². The van der Waals surface area contributed by atoms with Crippen molar-refractivity contribution in [2.45, 2.75) is 6.10 Å². The Bertz CT molecular complexity index is 326. The van der Waals surface area contributed by atoms with Crippen LogP contribution in [0.2, 0.25) is 0 Å². The van der Waals surface area contributed by atoms with E-state index in [0.717, 1.165) is 5.69 Å². The van der Waals surface area contributed by atoms with Crippen LogP contribution in [0.3, 0.4) is 0 Å². The van der Waals surface area contributed by atoms with Gasteiger partial charge in [-0.15, -0.1) is 0 Å². The summed E-state index contributed by atoms with van der Waals surface area (Å²) in [7, 11) is 0. The molecule has 0 bridgehead atoms. The molecule has 1 aromatic carbocycles. The van der Waals surface area contributed by atoms with Crippen molar-refractivity contribution in [2.24, 2.45) is 5.73 Å². The fraction of sp³-hybridized carbons (Fsp3) is 0.300. The second-order valence-electron chi connectivity index (χ2n) is 3.19. The fourth-order valence-corrected chi connectivity index (χ4v) is 1.46. The maximum absolute atomic E-state index is 11.4. The Morgan fingerprint density at radius 2 is 2.14 bits per heavy atom. The molecule has 4 heteroatoms. The van der Waals surface area contributed by atoms with Gasteiger partial charge in [0.25, 0.3) is 0 Å². The molecule has 0 aromatic heterocycles. The number of nitrogens with zero attached hydrogens (tertiary/aromatic N) is 1. The molecule has 1 aliphatic heterocycles.